The van der Waals surface area contributed by atoms with E-state index in [2.05, 4.69) is 15.0 Å². The second-order valence-electron chi connectivity index (χ2n) is 6.38. The first kappa shape index (κ1) is 19.7. The first-order valence-corrected chi connectivity index (χ1v) is 11.9. The van der Waals surface area contributed by atoms with E-state index in [-0.39, 0.29) is 27.4 Å². The molecule has 2 aromatic carbocycles. The van der Waals surface area contributed by atoms with Crippen molar-refractivity contribution < 1.29 is 27.1 Å². The Balaban J connectivity index is 1.40. The molecular weight excluding hydrogens is 465 g/mol. The molecule has 1 aliphatic heterocycles. The predicted octanol–water partition coefficient (Wildman–Crippen LogP) is 4.28. The van der Waals surface area contributed by atoms with Crippen LogP contribution in [0, 0.1) is 5.82 Å². The Hall–Kier alpha value is -3.22. The topological polar surface area (TPSA) is 107 Å². The molecular formula is C19H12FN3O5S3. The van der Waals surface area contributed by atoms with Gasteiger partial charge in [0, 0.05) is 5.56 Å². The molecule has 158 valence electrons. The van der Waals surface area contributed by atoms with Gasteiger partial charge in [-0.1, -0.05) is 17.4 Å². The summed E-state index contributed by atoms with van der Waals surface area (Å²) in [6, 6.07) is 10.3. The SMILES string of the molecule is O=C(Nc1cc2nc(NS(=O)(=O)c3cccs3)sc2cc1F)c1ccc2c(c1)OCO2. The van der Waals surface area contributed by atoms with Gasteiger partial charge in [-0.25, -0.2) is 17.8 Å². The minimum absolute atomic E-state index is 0.0758. The number of hydrogen-bond acceptors (Lipinski definition) is 8. The summed E-state index contributed by atoms with van der Waals surface area (Å²) in [5.41, 5.74) is 0.538. The number of amides is 1. The van der Waals surface area contributed by atoms with Gasteiger partial charge in [0.25, 0.3) is 15.9 Å². The lowest BCUT2D eigenvalue weighted by Crippen LogP contribution is -2.13. The Kier molecular flexibility index (Phi) is 4.76. The Labute approximate surface area is 183 Å². The first-order valence-electron chi connectivity index (χ1n) is 8.76. The summed E-state index contributed by atoms with van der Waals surface area (Å²) in [6.07, 6.45) is 0. The maximum Gasteiger partial charge on any atom is 0.273 e. The van der Waals surface area contributed by atoms with Crippen molar-refractivity contribution in [2.75, 3.05) is 16.8 Å². The Morgan fingerprint density at radius 2 is 1.97 bits per heavy atom. The van der Waals surface area contributed by atoms with Crippen LogP contribution in [-0.2, 0) is 10.0 Å². The number of rotatable bonds is 5. The summed E-state index contributed by atoms with van der Waals surface area (Å²) in [5.74, 6) is -0.238. The van der Waals surface area contributed by atoms with Crippen molar-refractivity contribution in [2.24, 2.45) is 0 Å². The molecule has 0 bridgehead atoms. The molecule has 0 radical (unpaired) electrons. The molecule has 0 unspecified atom stereocenters. The first-order chi connectivity index (χ1) is 14.9. The summed E-state index contributed by atoms with van der Waals surface area (Å²) in [7, 11) is -3.77. The summed E-state index contributed by atoms with van der Waals surface area (Å²) < 4.78 is 52.7. The van der Waals surface area contributed by atoms with Gasteiger partial charge < -0.3 is 14.8 Å². The third kappa shape index (κ3) is 3.80. The van der Waals surface area contributed by atoms with Gasteiger partial charge in [0.1, 0.15) is 10.0 Å². The maximum absolute atomic E-state index is 14.6. The molecule has 0 saturated carbocycles. The van der Waals surface area contributed by atoms with Crippen molar-refractivity contribution in [1.29, 1.82) is 0 Å². The molecule has 2 N–H and O–H groups in total. The lowest BCUT2D eigenvalue weighted by atomic mass is 10.2. The van der Waals surface area contributed by atoms with Gasteiger partial charge >= 0.3 is 0 Å². The number of anilines is 2. The highest BCUT2D eigenvalue weighted by Gasteiger charge is 2.20. The van der Waals surface area contributed by atoms with E-state index in [9.17, 15) is 17.6 Å². The molecule has 0 aliphatic carbocycles. The van der Waals surface area contributed by atoms with E-state index in [1.165, 1.54) is 24.3 Å². The van der Waals surface area contributed by atoms with Gasteiger partial charge in [-0.15, -0.1) is 11.3 Å². The molecule has 8 nitrogen and oxygen atoms in total. The molecule has 3 heterocycles. The van der Waals surface area contributed by atoms with Crippen molar-refractivity contribution in [3.05, 3.63) is 59.2 Å². The van der Waals surface area contributed by atoms with Crippen molar-refractivity contribution in [1.82, 2.24) is 4.98 Å². The third-order valence-corrected chi connectivity index (χ3v) is 8.14. The molecule has 0 saturated heterocycles. The lowest BCUT2D eigenvalue weighted by molar-refractivity contribution is 0.102. The van der Waals surface area contributed by atoms with E-state index < -0.39 is 21.7 Å². The molecule has 1 aliphatic rings. The van der Waals surface area contributed by atoms with Gasteiger partial charge in [-0.3, -0.25) is 9.52 Å². The van der Waals surface area contributed by atoms with Crippen LogP contribution < -0.4 is 19.5 Å². The van der Waals surface area contributed by atoms with Crippen LogP contribution in [0.3, 0.4) is 0 Å². The number of hydrogen-bond donors (Lipinski definition) is 2. The van der Waals surface area contributed by atoms with Crippen molar-refractivity contribution in [3.8, 4) is 11.5 Å². The highest BCUT2D eigenvalue weighted by atomic mass is 32.2. The van der Waals surface area contributed by atoms with Crippen LogP contribution in [0.5, 0.6) is 11.5 Å². The average Bonchev–Trinajstić information content (AvgIpc) is 3.48. The summed E-state index contributed by atoms with van der Waals surface area (Å²) in [6.45, 7) is 0.0775. The third-order valence-electron chi connectivity index (χ3n) is 4.34. The molecule has 31 heavy (non-hydrogen) atoms. The van der Waals surface area contributed by atoms with E-state index in [4.69, 9.17) is 9.47 Å². The van der Waals surface area contributed by atoms with Crippen LogP contribution in [0.25, 0.3) is 10.2 Å². The Bertz CT molecular complexity index is 1420. The fourth-order valence-corrected chi connectivity index (χ4v) is 6.00. The zero-order chi connectivity index (χ0) is 21.6. The number of aromatic nitrogens is 1. The maximum atomic E-state index is 14.6. The smallest absolute Gasteiger partial charge is 0.273 e. The quantitative estimate of drug-likeness (QED) is 0.444. The number of thiazole rings is 1. The number of sulfonamides is 1. The van der Waals surface area contributed by atoms with Crippen LogP contribution in [0.2, 0.25) is 0 Å². The second kappa shape index (κ2) is 7.48. The van der Waals surface area contributed by atoms with E-state index in [1.54, 1.807) is 23.6 Å². The zero-order valence-corrected chi connectivity index (χ0v) is 17.9. The van der Waals surface area contributed by atoms with Crippen LogP contribution in [0.4, 0.5) is 15.2 Å². The van der Waals surface area contributed by atoms with Crippen LogP contribution in [0.1, 0.15) is 10.4 Å². The van der Waals surface area contributed by atoms with Crippen molar-refractivity contribution in [2.45, 2.75) is 4.21 Å². The number of fused-ring (bicyclic) bond motifs is 2. The minimum atomic E-state index is -3.77. The van der Waals surface area contributed by atoms with Gasteiger partial charge in [-0.2, -0.15) is 0 Å². The van der Waals surface area contributed by atoms with Gasteiger partial charge in [0.15, 0.2) is 16.6 Å². The number of benzene rings is 2. The molecule has 0 spiro atoms. The molecule has 2 aromatic heterocycles. The summed E-state index contributed by atoms with van der Waals surface area (Å²) in [4.78, 5) is 16.8. The van der Waals surface area contributed by atoms with E-state index in [0.29, 0.717) is 21.7 Å². The average molecular weight is 478 g/mol. The van der Waals surface area contributed by atoms with Crippen LogP contribution in [-0.4, -0.2) is 26.1 Å². The summed E-state index contributed by atoms with van der Waals surface area (Å²) >= 11 is 2.07. The number of halogens is 1. The molecule has 12 heteroatoms. The highest BCUT2D eigenvalue weighted by molar-refractivity contribution is 7.94. The van der Waals surface area contributed by atoms with Crippen molar-refractivity contribution >= 4 is 59.6 Å². The molecule has 4 aromatic rings. The minimum Gasteiger partial charge on any atom is -0.454 e. The summed E-state index contributed by atoms with van der Waals surface area (Å²) in [5, 5.41) is 4.26. The van der Waals surface area contributed by atoms with E-state index in [0.717, 1.165) is 22.7 Å². The normalized spacial score (nSPS) is 12.8. The predicted molar refractivity (Wildman–Crippen MR) is 115 cm³/mol. The lowest BCUT2D eigenvalue weighted by Gasteiger charge is -2.07. The zero-order valence-electron chi connectivity index (χ0n) is 15.4. The van der Waals surface area contributed by atoms with Gasteiger partial charge in [-0.05, 0) is 41.8 Å². The Morgan fingerprint density at radius 3 is 2.77 bits per heavy atom. The van der Waals surface area contributed by atoms with E-state index >= 15 is 0 Å². The standard InChI is InChI=1S/C19H12FN3O5S3/c20-11-7-16-13(22-19(30-16)23-31(25,26)17-2-1-5-29-17)8-12(11)21-18(24)10-3-4-14-15(6-10)28-9-27-14/h1-8H,9H2,(H,21,24)(H,22,23). The number of carbonyl (C=O) groups excluding carboxylic acids is 1. The fraction of sp³-hybridized carbons (Fsp3) is 0.0526. The monoisotopic (exact) mass is 477 g/mol. The molecule has 5 rings (SSSR count). The fourth-order valence-electron chi connectivity index (χ4n) is 2.90. The Morgan fingerprint density at radius 1 is 1.13 bits per heavy atom. The van der Waals surface area contributed by atoms with Crippen LogP contribution in [0.15, 0.2) is 52.1 Å². The number of thiophene rings is 1. The molecule has 0 atom stereocenters. The number of ether oxygens (including phenoxy) is 2. The highest BCUT2D eigenvalue weighted by Crippen LogP contribution is 2.34. The van der Waals surface area contributed by atoms with Crippen molar-refractivity contribution in [3.63, 3.8) is 0 Å². The number of nitrogens with zero attached hydrogens (tertiary/aromatic N) is 1. The number of carbonyl (C=O) groups is 1. The second-order valence-corrected chi connectivity index (χ2v) is 10.3. The molecule has 0 fully saturated rings. The van der Waals surface area contributed by atoms with Gasteiger partial charge in [0.2, 0.25) is 6.79 Å². The van der Waals surface area contributed by atoms with Crippen LogP contribution >= 0.6 is 22.7 Å². The van der Waals surface area contributed by atoms with E-state index in [1.807, 2.05) is 0 Å². The molecule has 1 amide bonds. The van der Waals surface area contributed by atoms with Gasteiger partial charge in [0.05, 0.1) is 15.9 Å². The largest absolute Gasteiger partial charge is 0.454 e. The number of nitrogens with one attached hydrogen (secondary N) is 2.